The predicted molar refractivity (Wildman–Crippen MR) is 56.1 cm³/mol. The third-order valence-corrected chi connectivity index (χ3v) is 2.12. The summed E-state index contributed by atoms with van der Waals surface area (Å²) in [6, 6.07) is 3.69. The normalized spacial score (nSPS) is 14.5. The highest BCUT2D eigenvalue weighted by Crippen LogP contribution is 2.10. The average molecular weight is 213 g/mol. The number of hydrogen-bond acceptors (Lipinski definition) is 2. The third-order valence-electron chi connectivity index (χ3n) is 1.93. The Morgan fingerprint density at radius 2 is 2.00 bits per heavy atom. The number of carbonyl (C=O) groups is 1. The Hall–Kier alpha value is -1.09. The maximum Gasteiger partial charge on any atom is 0.238 e. The van der Waals surface area contributed by atoms with Crippen molar-refractivity contribution in [1.82, 2.24) is 10.3 Å². The van der Waals surface area contributed by atoms with Gasteiger partial charge in [0.05, 0.1) is 6.04 Å². The lowest BCUT2D eigenvalue weighted by molar-refractivity contribution is -0.121. The molecule has 1 aromatic rings. The third kappa shape index (κ3) is 3.00. The molecule has 0 bridgehead atoms. The van der Waals surface area contributed by atoms with Crippen molar-refractivity contribution >= 4 is 17.5 Å². The molecule has 0 aliphatic carbocycles. The van der Waals surface area contributed by atoms with Crippen LogP contribution in [0.3, 0.4) is 0 Å². The van der Waals surface area contributed by atoms with Crippen LogP contribution >= 0.6 is 11.6 Å². The molecule has 0 saturated heterocycles. The molecule has 0 saturated carbocycles. The highest BCUT2D eigenvalue weighted by atomic mass is 35.5. The summed E-state index contributed by atoms with van der Waals surface area (Å²) in [4.78, 5) is 15.2. The summed E-state index contributed by atoms with van der Waals surface area (Å²) in [5.74, 6) is -0.157. The fraction of sp³-hybridized carbons (Fsp3) is 0.400. The molecule has 0 spiro atoms. The number of carbonyl (C=O) groups excluding carboxylic acids is 1. The monoisotopic (exact) mass is 212 g/mol. The van der Waals surface area contributed by atoms with Gasteiger partial charge in [-0.1, -0.05) is 0 Å². The average Bonchev–Trinajstić information content (AvgIpc) is 2.19. The van der Waals surface area contributed by atoms with E-state index in [9.17, 15) is 4.79 Å². The zero-order chi connectivity index (χ0) is 10.6. The first kappa shape index (κ1) is 11.0. The maximum atomic E-state index is 11.3. The van der Waals surface area contributed by atoms with E-state index in [0.29, 0.717) is 0 Å². The number of nitrogens with zero attached hydrogens (tertiary/aromatic N) is 1. The molecular formula is C10H13ClN2O. The molecule has 76 valence electrons. The van der Waals surface area contributed by atoms with E-state index in [-0.39, 0.29) is 11.9 Å². The van der Waals surface area contributed by atoms with Crippen molar-refractivity contribution in [3.8, 4) is 0 Å². The number of nitrogens with one attached hydrogen (secondary N) is 1. The Morgan fingerprint density at radius 3 is 2.50 bits per heavy atom. The summed E-state index contributed by atoms with van der Waals surface area (Å²) in [6.07, 6.45) is 3.39. The van der Waals surface area contributed by atoms with Crippen LogP contribution in [0.4, 0.5) is 0 Å². The van der Waals surface area contributed by atoms with Gasteiger partial charge in [0.25, 0.3) is 0 Å². The zero-order valence-electron chi connectivity index (χ0n) is 8.20. The molecule has 2 atom stereocenters. The number of amides is 1. The van der Waals surface area contributed by atoms with E-state index in [0.717, 1.165) is 5.56 Å². The molecule has 0 radical (unpaired) electrons. The molecule has 0 aliphatic rings. The Balaban J connectivity index is 2.59. The summed E-state index contributed by atoms with van der Waals surface area (Å²) in [6.45, 7) is 3.56. The van der Waals surface area contributed by atoms with Crippen LogP contribution in [0.1, 0.15) is 25.5 Å². The van der Waals surface area contributed by atoms with Crippen LogP contribution in [-0.2, 0) is 4.79 Å². The second-order valence-corrected chi connectivity index (χ2v) is 3.78. The van der Waals surface area contributed by atoms with Crippen molar-refractivity contribution in [2.45, 2.75) is 25.3 Å². The fourth-order valence-corrected chi connectivity index (χ4v) is 1.13. The minimum Gasteiger partial charge on any atom is -0.348 e. The molecule has 14 heavy (non-hydrogen) atoms. The van der Waals surface area contributed by atoms with Gasteiger partial charge in [0.1, 0.15) is 5.38 Å². The Labute approximate surface area is 88.5 Å². The van der Waals surface area contributed by atoms with Crippen LogP contribution in [0.2, 0.25) is 0 Å². The van der Waals surface area contributed by atoms with Gasteiger partial charge >= 0.3 is 0 Å². The van der Waals surface area contributed by atoms with Crippen LogP contribution in [0.5, 0.6) is 0 Å². The zero-order valence-corrected chi connectivity index (χ0v) is 8.95. The van der Waals surface area contributed by atoms with Gasteiger partial charge in [-0.25, -0.2) is 0 Å². The quantitative estimate of drug-likeness (QED) is 0.778. The predicted octanol–water partition coefficient (Wildman–Crippen LogP) is 1.89. The molecule has 2 unspecified atom stereocenters. The van der Waals surface area contributed by atoms with E-state index in [1.807, 2.05) is 19.1 Å². The summed E-state index contributed by atoms with van der Waals surface area (Å²) in [5, 5.41) is 2.30. The number of pyridine rings is 1. The van der Waals surface area contributed by atoms with Crippen molar-refractivity contribution in [2.24, 2.45) is 0 Å². The Bertz CT molecular complexity index is 300. The van der Waals surface area contributed by atoms with Gasteiger partial charge in [-0.3, -0.25) is 9.78 Å². The highest BCUT2D eigenvalue weighted by Gasteiger charge is 2.12. The summed E-state index contributed by atoms with van der Waals surface area (Å²) in [7, 11) is 0. The molecule has 1 N–H and O–H groups in total. The van der Waals surface area contributed by atoms with Gasteiger partial charge in [-0.05, 0) is 31.5 Å². The Kier molecular flexibility index (Phi) is 3.89. The Morgan fingerprint density at radius 1 is 1.43 bits per heavy atom. The van der Waals surface area contributed by atoms with Gasteiger partial charge < -0.3 is 5.32 Å². The van der Waals surface area contributed by atoms with Gasteiger partial charge in [0.15, 0.2) is 0 Å². The molecule has 4 heteroatoms. The number of halogens is 1. The smallest absolute Gasteiger partial charge is 0.238 e. The first-order valence-electron chi connectivity index (χ1n) is 4.45. The lowest BCUT2D eigenvalue weighted by Gasteiger charge is -2.14. The fourth-order valence-electron chi connectivity index (χ4n) is 1.06. The first-order valence-corrected chi connectivity index (χ1v) is 4.89. The minimum absolute atomic E-state index is 0.0355. The molecule has 1 rings (SSSR count). The second-order valence-electron chi connectivity index (χ2n) is 3.13. The van der Waals surface area contributed by atoms with E-state index in [1.165, 1.54) is 0 Å². The second kappa shape index (κ2) is 4.96. The summed E-state index contributed by atoms with van der Waals surface area (Å²) in [5.41, 5.74) is 1.02. The molecule has 0 aromatic carbocycles. The van der Waals surface area contributed by atoms with E-state index < -0.39 is 5.38 Å². The maximum absolute atomic E-state index is 11.3. The van der Waals surface area contributed by atoms with E-state index in [4.69, 9.17) is 11.6 Å². The first-order chi connectivity index (χ1) is 6.61. The van der Waals surface area contributed by atoms with Gasteiger partial charge in [0, 0.05) is 12.4 Å². The largest absolute Gasteiger partial charge is 0.348 e. The molecule has 1 amide bonds. The van der Waals surface area contributed by atoms with Crippen molar-refractivity contribution in [2.75, 3.05) is 0 Å². The molecule has 0 fully saturated rings. The topological polar surface area (TPSA) is 42.0 Å². The lowest BCUT2D eigenvalue weighted by atomic mass is 10.1. The van der Waals surface area contributed by atoms with Crippen molar-refractivity contribution in [1.29, 1.82) is 0 Å². The summed E-state index contributed by atoms with van der Waals surface area (Å²) >= 11 is 5.64. The van der Waals surface area contributed by atoms with Crippen LogP contribution in [0.25, 0.3) is 0 Å². The van der Waals surface area contributed by atoms with E-state index >= 15 is 0 Å². The van der Waals surface area contributed by atoms with Crippen LogP contribution in [0, 0.1) is 0 Å². The van der Waals surface area contributed by atoms with Gasteiger partial charge in [-0.15, -0.1) is 11.6 Å². The number of aromatic nitrogens is 1. The van der Waals surface area contributed by atoms with E-state index in [1.54, 1.807) is 19.3 Å². The number of rotatable bonds is 3. The highest BCUT2D eigenvalue weighted by molar-refractivity contribution is 6.30. The number of hydrogen-bond donors (Lipinski definition) is 1. The van der Waals surface area contributed by atoms with Crippen LogP contribution < -0.4 is 5.32 Å². The van der Waals surface area contributed by atoms with Crippen LogP contribution in [0.15, 0.2) is 24.5 Å². The van der Waals surface area contributed by atoms with Gasteiger partial charge in [0.2, 0.25) is 5.91 Å². The summed E-state index contributed by atoms with van der Waals surface area (Å²) < 4.78 is 0. The minimum atomic E-state index is -0.501. The molecule has 1 aromatic heterocycles. The molecule has 1 heterocycles. The standard InChI is InChI=1S/C10H13ClN2O/c1-7(11)10(14)13-8(2)9-3-5-12-6-4-9/h3-8H,1-2H3,(H,13,14). The van der Waals surface area contributed by atoms with Crippen LogP contribution in [-0.4, -0.2) is 16.3 Å². The van der Waals surface area contributed by atoms with Gasteiger partial charge in [-0.2, -0.15) is 0 Å². The van der Waals surface area contributed by atoms with Crippen molar-refractivity contribution in [3.05, 3.63) is 30.1 Å². The van der Waals surface area contributed by atoms with Crippen molar-refractivity contribution in [3.63, 3.8) is 0 Å². The van der Waals surface area contributed by atoms with E-state index in [2.05, 4.69) is 10.3 Å². The molecule has 0 aliphatic heterocycles. The molecule has 3 nitrogen and oxygen atoms in total. The number of alkyl halides is 1. The van der Waals surface area contributed by atoms with Crippen molar-refractivity contribution < 1.29 is 4.79 Å². The molecular weight excluding hydrogens is 200 g/mol. The lowest BCUT2D eigenvalue weighted by Crippen LogP contribution is -2.31. The SMILES string of the molecule is CC(Cl)C(=O)NC(C)c1ccncc1.